The van der Waals surface area contributed by atoms with Crippen molar-refractivity contribution in [1.82, 2.24) is 9.21 Å². The van der Waals surface area contributed by atoms with Crippen molar-refractivity contribution in [2.24, 2.45) is 0 Å². The number of hydrogen-bond donors (Lipinski definition) is 0. The number of carbonyl (C=O) groups excluding carboxylic acids is 1. The molecule has 1 fully saturated rings. The monoisotopic (exact) mass is 445 g/mol. The van der Waals surface area contributed by atoms with E-state index in [0.29, 0.717) is 11.3 Å². The third-order valence-corrected chi connectivity index (χ3v) is 7.90. The van der Waals surface area contributed by atoms with Gasteiger partial charge in [-0.1, -0.05) is 19.1 Å². The van der Waals surface area contributed by atoms with Gasteiger partial charge >= 0.3 is 0 Å². The molecule has 0 aliphatic carbocycles. The molecular formula is C21H23N3O6S. The summed E-state index contributed by atoms with van der Waals surface area (Å²) in [7, 11) is -3.79. The van der Waals surface area contributed by atoms with Crippen LogP contribution in [0.3, 0.4) is 0 Å². The molecule has 31 heavy (non-hydrogen) atoms. The molecule has 2 aromatic rings. The van der Waals surface area contributed by atoms with Gasteiger partial charge in [0.25, 0.3) is 11.6 Å². The third-order valence-electron chi connectivity index (χ3n) is 5.99. The summed E-state index contributed by atoms with van der Waals surface area (Å²) >= 11 is 0. The van der Waals surface area contributed by atoms with Crippen LogP contribution in [-0.4, -0.2) is 60.7 Å². The minimum atomic E-state index is -3.79. The first-order valence-corrected chi connectivity index (χ1v) is 11.5. The summed E-state index contributed by atoms with van der Waals surface area (Å²) in [6.45, 7) is 4.83. The Labute approximate surface area is 180 Å². The Hall–Kier alpha value is -2.98. The van der Waals surface area contributed by atoms with Crippen LogP contribution in [-0.2, 0) is 10.0 Å². The van der Waals surface area contributed by atoms with Crippen LogP contribution in [0.2, 0.25) is 0 Å². The van der Waals surface area contributed by atoms with Gasteiger partial charge < -0.3 is 9.64 Å². The molecule has 0 bridgehead atoms. The number of amides is 1. The normalized spacial score (nSPS) is 21.4. The van der Waals surface area contributed by atoms with Crippen molar-refractivity contribution in [2.75, 3.05) is 26.2 Å². The van der Waals surface area contributed by atoms with E-state index in [1.54, 1.807) is 11.0 Å². The van der Waals surface area contributed by atoms with Crippen LogP contribution in [0, 0.1) is 10.1 Å². The largest absolute Gasteiger partial charge is 0.489 e. The molecule has 1 amide bonds. The van der Waals surface area contributed by atoms with Crippen molar-refractivity contribution in [1.29, 1.82) is 0 Å². The van der Waals surface area contributed by atoms with E-state index in [9.17, 15) is 23.3 Å². The predicted molar refractivity (Wildman–Crippen MR) is 113 cm³/mol. The minimum Gasteiger partial charge on any atom is -0.489 e. The first-order chi connectivity index (χ1) is 14.7. The molecular weight excluding hydrogens is 422 g/mol. The molecule has 1 saturated heterocycles. The highest BCUT2D eigenvalue weighted by Gasteiger charge is 2.35. The molecule has 4 rings (SSSR count). The number of para-hydroxylation sites is 1. The second-order valence-electron chi connectivity index (χ2n) is 7.78. The molecule has 0 radical (unpaired) electrons. The zero-order chi connectivity index (χ0) is 22.3. The maximum Gasteiger partial charge on any atom is 0.269 e. The number of hydrogen-bond acceptors (Lipinski definition) is 6. The maximum absolute atomic E-state index is 13.1. The number of nitro groups is 1. The molecule has 0 aromatic heterocycles. The Morgan fingerprint density at radius 3 is 2.32 bits per heavy atom. The van der Waals surface area contributed by atoms with Gasteiger partial charge in [0, 0.05) is 49.8 Å². The molecule has 2 atom stereocenters. The number of sulfonamides is 1. The summed E-state index contributed by atoms with van der Waals surface area (Å²) in [4.78, 5) is 25.0. The van der Waals surface area contributed by atoms with Crippen molar-refractivity contribution in [2.45, 2.75) is 30.8 Å². The highest BCUT2D eigenvalue weighted by molar-refractivity contribution is 7.89. The average molecular weight is 445 g/mol. The molecule has 2 aliphatic rings. The topological polar surface area (TPSA) is 110 Å². The lowest BCUT2D eigenvalue weighted by Gasteiger charge is -2.34. The zero-order valence-electron chi connectivity index (χ0n) is 17.2. The van der Waals surface area contributed by atoms with Crippen LogP contribution in [0.1, 0.15) is 35.7 Å². The van der Waals surface area contributed by atoms with E-state index < -0.39 is 14.9 Å². The Balaban J connectivity index is 1.47. The zero-order valence-corrected chi connectivity index (χ0v) is 18.0. The molecule has 2 unspecified atom stereocenters. The molecule has 0 saturated carbocycles. The van der Waals surface area contributed by atoms with Crippen molar-refractivity contribution < 1.29 is 22.9 Å². The fourth-order valence-electron chi connectivity index (χ4n) is 3.94. The van der Waals surface area contributed by atoms with Gasteiger partial charge in [0.15, 0.2) is 0 Å². The van der Waals surface area contributed by atoms with Crippen LogP contribution < -0.4 is 4.74 Å². The third kappa shape index (κ3) is 3.77. The summed E-state index contributed by atoms with van der Waals surface area (Å²) < 4.78 is 33.0. The van der Waals surface area contributed by atoms with E-state index >= 15 is 0 Å². The number of benzene rings is 2. The molecule has 9 nitrogen and oxygen atoms in total. The SMILES string of the molecule is CC1Oc2c(C(=O)N3CCN(S(=O)(=O)c4ccc([N+](=O)[O-])cc4)CC3)cccc2C1C. The van der Waals surface area contributed by atoms with E-state index in [2.05, 4.69) is 6.92 Å². The molecule has 10 heteroatoms. The predicted octanol–water partition coefficient (Wildman–Crippen LogP) is 2.63. The molecule has 164 valence electrons. The first-order valence-electron chi connectivity index (χ1n) is 10.0. The van der Waals surface area contributed by atoms with Crippen molar-refractivity contribution in [3.8, 4) is 5.75 Å². The van der Waals surface area contributed by atoms with Gasteiger partial charge in [-0.05, 0) is 25.1 Å². The Morgan fingerprint density at radius 1 is 1.06 bits per heavy atom. The summed E-state index contributed by atoms with van der Waals surface area (Å²) in [5, 5.41) is 10.8. The van der Waals surface area contributed by atoms with Crippen molar-refractivity contribution in [3.63, 3.8) is 0 Å². The van der Waals surface area contributed by atoms with E-state index in [1.165, 1.54) is 28.6 Å². The minimum absolute atomic E-state index is 0.00451. The number of rotatable bonds is 4. The summed E-state index contributed by atoms with van der Waals surface area (Å²) in [6, 6.07) is 10.4. The second kappa shape index (κ2) is 7.93. The van der Waals surface area contributed by atoms with Crippen LogP contribution in [0.4, 0.5) is 5.69 Å². The molecule has 2 aliphatic heterocycles. The first kappa shape index (κ1) is 21.3. The smallest absolute Gasteiger partial charge is 0.269 e. The summed E-state index contributed by atoms with van der Waals surface area (Å²) in [6.07, 6.45) is -0.00682. The Kier molecular flexibility index (Phi) is 5.44. The number of piperazine rings is 1. The van der Waals surface area contributed by atoms with Gasteiger partial charge in [-0.2, -0.15) is 4.31 Å². The Bertz CT molecular complexity index is 1120. The number of carbonyl (C=O) groups is 1. The number of nitro benzene ring substituents is 1. The lowest BCUT2D eigenvalue weighted by atomic mass is 9.96. The van der Waals surface area contributed by atoms with Crippen molar-refractivity contribution in [3.05, 3.63) is 63.7 Å². The second-order valence-corrected chi connectivity index (χ2v) is 9.72. The molecule has 2 aromatic carbocycles. The van der Waals surface area contributed by atoms with Crippen LogP contribution in [0.25, 0.3) is 0 Å². The van der Waals surface area contributed by atoms with E-state index in [4.69, 9.17) is 4.74 Å². The van der Waals surface area contributed by atoms with Crippen molar-refractivity contribution >= 4 is 21.6 Å². The van der Waals surface area contributed by atoms with Crippen LogP contribution in [0.5, 0.6) is 5.75 Å². The fourth-order valence-corrected chi connectivity index (χ4v) is 5.37. The lowest BCUT2D eigenvalue weighted by molar-refractivity contribution is -0.384. The van der Waals surface area contributed by atoms with E-state index in [-0.39, 0.29) is 54.7 Å². The van der Waals surface area contributed by atoms with Crippen LogP contribution in [0.15, 0.2) is 47.4 Å². The summed E-state index contributed by atoms with van der Waals surface area (Å²) in [5.74, 6) is 0.644. The molecule has 0 N–H and O–H groups in total. The lowest BCUT2D eigenvalue weighted by Crippen LogP contribution is -2.50. The molecule has 2 heterocycles. The fraction of sp³-hybridized carbons (Fsp3) is 0.381. The molecule has 0 spiro atoms. The number of ether oxygens (including phenoxy) is 1. The number of fused-ring (bicyclic) bond motifs is 1. The Morgan fingerprint density at radius 2 is 1.71 bits per heavy atom. The quantitative estimate of drug-likeness (QED) is 0.529. The van der Waals surface area contributed by atoms with Gasteiger partial charge in [-0.15, -0.1) is 0 Å². The summed E-state index contributed by atoms with van der Waals surface area (Å²) in [5.41, 5.74) is 1.34. The average Bonchev–Trinajstić information content (AvgIpc) is 3.07. The maximum atomic E-state index is 13.1. The van der Waals surface area contributed by atoms with Crippen LogP contribution >= 0.6 is 0 Å². The highest BCUT2D eigenvalue weighted by Crippen LogP contribution is 2.40. The van der Waals surface area contributed by atoms with Gasteiger partial charge in [-0.25, -0.2) is 8.42 Å². The van der Waals surface area contributed by atoms with E-state index in [1.807, 2.05) is 19.1 Å². The van der Waals surface area contributed by atoms with Gasteiger partial charge in [0.05, 0.1) is 15.4 Å². The van der Waals surface area contributed by atoms with Gasteiger partial charge in [-0.3, -0.25) is 14.9 Å². The highest BCUT2D eigenvalue weighted by atomic mass is 32.2. The van der Waals surface area contributed by atoms with Gasteiger partial charge in [0.1, 0.15) is 11.9 Å². The number of nitrogens with zero attached hydrogens (tertiary/aromatic N) is 3. The standard InChI is InChI=1S/C21H23N3O6S/c1-14-15(2)30-20-18(14)4-3-5-19(20)21(25)22-10-12-23(13-11-22)31(28,29)17-8-6-16(7-9-17)24(26)27/h3-9,14-15H,10-13H2,1-2H3. The number of non-ortho nitro benzene ring substituents is 1. The van der Waals surface area contributed by atoms with E-state index in [0.717, 1.165) is 5.56 Å². The van der Waals surface area contributed by atoms with Gasteiger partial charge in [0.2, 0.25) is 10.0 Å².